The van der Waals surface area contributed by atoms with Gasteiger partial charge in [-0.25, -0.2) is 0 Å². The van der Waals surface area contributed by atoms with Crippen molar-refractivity contribution in [3.05, 3.63) is 30.5 Å². The summed E-state index contributed by atoms with van der Waals surface area (Å²) >= 11 is 0. The molecule has 1 aromatic carbocycles. The second-order valence-corrected chi connectivity index (χ2v) is 7.61. The summed E-state index contributed by atoms with van der Waals surface area (Å²) in [4.78, 5) is 16.4. The molecule has 1 aromatic heterocycles. The van der Waals surface area contributed by atoms with Crippen LogP contribution in [-0.4, -0.2) is 72.8 Å². The molecule has 1 amide bonds. The molecule has 2 aromatic rings. The van der Waals surface area contributed by atoms with Gasteiger partial charge in [-0.05, 0) is 37.5 Å². The lowest BCUT2D eigenvalue weighted by atomic mass is 10.0. The summed E-state index contributed by atoms with van der Waals surface area (Å²) in [6.45, 7) is 4.27. The van der Waals surface area contributed by atoms with E-state index in [9.17, 15) is 4.79 Å². The molecule has 0 bridgehead atoms. The molecule has 4 rings (SSSR count). The average Bonchev–Trinajstić information content (AvgIpc) is 3.25. The van der Waals surface area contributed by atoms with Gasteiger partial charge in [-0.3, -0.25) is 9.69 Å². The SMILES string of the molecule is COCCn1ccc2c(OC3CCN(C4CCN(C)C4=O)CC3)cccc21. The molecule has 1 unspecified atom stereocenters. The van der Waals surface area contributed by atoms with E-state index >= 15 is 0 Å². The third-order valence-electron chi connectivity index (χ3n) is 5.92. The molecule has 27 heavy (non-hydrogen) atoms. The Kier molecular flexibility index (Phi) is 5.36. The monoisotopic (exact) mass is 371 g/mol. The Hall–Kier alpha value is -2.05. The topological polar surface area (TPSA) is 46.9 Å². The van der Waals surface area contributed by atoms with Crippen molar-refractivity contribution >= 4 is 16.8 Å². The fourth-order valence-corrected chi connectivity index (χ4v) is 4.31. The lowest BCUT2D eigenvalue weighted by molar-refractivity contribution is -0.131. The average molecular weight is 371 g/mol. The third-order valence-corrected chi connectivity index (χ3v) is 5.92. The summed E-state index contributed by atoms with van der Waals surface area (Å²) in [5.41, 5.74) is 1.18. The second-order valence-electron chi connectivity index (χ2n) is 7.61. The number of hydrogen-bond donors (Lipinski definition) is 0. The molecule has 3 heterocycles. The Balaban J connectivity index is 1.39. The highest BCUT2D eigenvalue weighted by molar-refractivity contribution is 5.86. The number of amides is 1. The molecule has 1 atom stereocenters. The number of nitrogens with zero attached hydrogens (tertiary/aromatic N) is 3. The van der Waals surface area contributed by atoms with Gasteiger partial charge in [-0.2, -0.15) is 0 Å². The van der Waals surface area contributed by atoms with Crippen molar-refractivity contribution in [2.24, 2.45) is 0 Å². The number of carbonyl (C=O) groups excluding carboxylic acids is 1. The van der Waals surface area contributed by atoms with E-state index in [2.05, 4.69) is 39.9 Å². The van der Waals surface area contributed by atoms with Crippen molar-refractivity contribution in [2.45, 2.75) is 38.0 Å². The quantitative estimate of drug-likeness (QED) is 0.782. The van der Waals surface area contributed by atoms with Crippen LogP contribution in [0.5, 0.6) is 5.75 Å². The van der Waals surface area contributed by atoms with Gasteiger partial charge >= 0.3 is 0 Å². The van der Waals surface area contributed by atoms with Crippen LogP contribution in [0, 0.1) is 0 Å². The molecule has 0 aliphatic carbocycles. The number of rotatable bonds is 6. The van der Waals surface area contributed by atoms with Crippen LogP contribution in [0.15, 0.2) is 30.5 Å². The van der Waals surface area contributed by atoms with E-state index < -0.39 is 0 Å². The molecule has 2 fully saturated rings. The van der Waals surface area contributed by atoms with Crippen molar-refractivity contribution in [3.63, 3.8) is 0 Å². The number of fused-ring (bicyclic) bond motifs is 1. The van der Waals surface area contributed by atoms with Gasteiger partial charge in [0.2, 0.25) is 5.91 Å². The molecule has 2 aliphatic heterocycles. The fourth-order valence-electron chi connectivity index (χ4n) is 4.31. The van der Waals surface area contributed by atoms with Gasteiger partial charge in [0.1, 0.15) is 11.9 Å². The first-order valence-corrected chi connectivity index (χ1v) is 9.90. The molecule has 2 aliphatic rings. The molecule has 6 heteroatoms. The molecule has 2 saturated heterocycles. The number of aromatic nitrogens is 1. The highest BCUT2D eigenvalue weighted by Crippen LogP contribution is 2.30. The van der Waals surface area contributed by atoms with Crippen LogP contribution in [0.3, 0.4) is 0 Å². The van der Waals surface area contributed by atoms with Gasteiger partial charge < -0.3 is 18.9 Å². The Labute approximate surface area is 160 Å². The van der Waals surface area contributed by atoms with Crippen LogP contribution >= 0.6 is 0 Å². The molecular formula is C21H29N3O3. The minimum atomic E-state index is 0.0780. The first kappa shape index (κ1) is 18.3. The van der Waals surface area contributed by atoms with E-state index in [0.29, 0.717) is 6.61 Å². The van der Waals surface area contributed by atoms with Crippen LogP contribution in [0.25, 0.3) is 10.9 Å². The van der Waals surface area contributed by atoms with Crippen molar-refractivity contribution in [1.82, 2.24) is 14.4 Å². The van der Waals surface area contributed by atoms with Crippen molar-refractivity contribution < 1.29 is 14.3 Å². The lowest BCUT2D eigenvalue weighted by Gasteiger charge is -2.35. The summed E-state index contributed by atoms with van der Waals surface area (Å²) in [7, 11) is 3.63. The first-order valence-electron chi connectivity index (χ1n) is 9.90. The zero-order valence-corrected chi connectivity index (χ0v) is 16.3. The number of likely N-dealkylation sites (tertiary alicyclic amines) is 2. The molecule has 146 valence electrons. The van der Waals surface area contributed by atoms with E-state index in [1.807, 2.05) is 11.9 Å². The maximum Gasteiger partial charge on any atom is 0.239 e. The maximum atomic E-state index is 12.2. The van der Waals surface area contributed by atoms with Crippen LogP contribution in [0.4, 0.5) is 0 Å². The number of likely N-dealkylation sites (N-methyl/N-ethyl adjacent to an activating group) is 1. The highest BCUT2D eigenvalue weighted by Gasteiger charge is 2.36. The predicted molar refractivity (Wildman–Crippen MR) is 105 cm³/mol. The van der Waals surface area contributed by atoms with Gasteiger partial charge in [0.05, 0.1) is 18.2 Å². The fraction of sp³-hybridized carbons (Fsp3) is 0.571. The van der Waals surface area contributed by atoms with E-state index in [-0.39, 0.29) is 18.1 Å². The van der Waals surface area contributed by atoms with Gasteiger partial charge in [-0.15, -0.1) is 0 Å². The summed E-state index contributed by atoms with van der Waals surface area (Å²) in [5, 5.41) is 1.16. The normalized spacial score (nSPS) is 22.1. The Morgan fingerprint density at radius 2 is 1.93 bits per heavy atom. The van der Waals surface area contributed by atoms with Gasteiger partial charge in [0.15, 0.2) is 0 Å². The maximum absolute atomic E-state index is 12.2. The van der Waals surface area contributed by atoms with Gasteiger partial charge in [-0.1, -0.05) is 6.07 Å². The van der Waals surface area contributed by atoms with E-state index in [0.717, 1.165) is 56.6 Å². The van der Waals surface area contributed by atoms with Crippen LogP contribution in [0.1, 0.15) is 19.3 Å². The summed E-state index contributed by atoms with van der Waals surface area (Å²) in [5.74, 6) is 1.23. The van der Waals surface area contributed by atoms with E-state index in [4.69, 9.17) is 9.47 Å². The number of piperidine rings is 1. The predicted octanol–water partition coefficient (Wildman–Crippen LogP) is 2.36. The second kappa shape index (κ2) is 7.90. The number of methoxy groups -OCH3 is 1. The molecule has 0 spiro atoms. The zero-order valence-electron chi connectivity index (χ0n) is 16.3. The third kappa shape index (κ3) is 3.69. The standard InChI is InChI=1S/C21H29N3O3/c1-22-10-9-19(21(22)25)23-11-6-16(7-12-23)27-20-5-3-4-18-17(20)8-13-24(18)14-15-26-2/h3-5,8,13,16,19H,6-7,9-12,14-15H2,1-2H3. The van der Waals surface area contributed by atoms with Gasteiger partial charge in [0.25, 0.3) is 0 Å². The molecule has 6 nitrogen and oxygen atoms in total. The molecule has 0 saturated carbocycles. The number of carbonyl (C=O) groups is 1. The molecular weight excluding hydrogens is 342 g/mol. The minimum absolute atomic E-state index is 0.0780. The van der Waals surface area contributed by atoms with Gasteiger partial charge in [0, 0.05) is 51.9 Å². The Morgan fingerprint density at radius 1 is 1.11 bits per heavy atom. The number of ether oxygens (including phenoxy) is 2. The van der Waals surface area contributed by atoms with Crippen molar-refractivity contribution in [2.75, 3.05) is 40.4 Å². The summed E-state index contributed by atoms with van der Waals surface area (Å²) < 4.78 is 13.8. The first-order chi connectivity index (χ1) is 13.2. The van der Waals surface area contributed by atoms with Crippen LogP contribution in [0.2, 0.25) is 0 Å². The largest absolute Gasteiger partial charge is 0.490 e. The number of benzene rings is 1. The summed E-state index contributed by atoms with van der Waals surface area (Å²) in [6.07, 6.45) is 5.20. The number of hydrogen-bond acceptors (Lipinski definition) is 4. The van der Waals surface area contributed by atoms with Crippen molar-refractivity contribution in [1.29, 1.82) is 0 Å². The van der Waals surface area contributed by atoms with Crippen LogP contribution in [-0.2, 0) is 16.1 Å². The Bertz CT molecular complexity index is 795. The highest BCUT2D eigenvalue weighted by atomic mass is 16.5. The van der Waals surface area contributed by atoms with E-state index in [1.165, 1.54) is 5.52 Å². The molecule has 0 radical (unpaired) electrons. The summed E-state index contributed by atoms with van der Waals surface area (Å²) in [6, 6.07) is 8.45. The van der Waals surface area contributed by atoms with Crippen molar-refractivity contribution in [3.8, 4) is 5.75 Å². The minimum Gasteiger partial charge on any atom is -0.490 e. The lowest BCUT2D eigenvalue weighted by Crippen LogP contribution is -2.47. The smallest absolute Gasteiger partial charge is 0.239 e. The van der Waals surface area contributed by atoms with E-state index in [1.54, 1.807) is 7.11 Å². The van der Waals surface area contributed by atoms with Crippen LogP contribution < -0.4 is 4.74 Å². The zero-order chi connectivity index (χ0) is 18.8. The molecule has 0 N–H and O–H groups in total. The Morgan fingerprint density at radius 3 is 2.63 bits per heavy atom.